The van der Waals surface area contributed by atoms with Gasteiger partial charge in [-0.2, -0.15) is 0 Å². The van der Waals surface area contributed by atoms with Gasteiger partial charge >= 0.3 is 5.97 Å². The van der Waals surface area contributed by atoms with Gasteiger partial charge in [-0.05, 0) is 43.2 Å². The Balaban J connectivity index is 1.45. The standard InChI is InChI=1S/C21H26N2O3/c24-20(10-9-14-13-22-18-7-3-1-5-15(14)18)23-12-11-17(21(25)26)16-6-2-4-8-19(16)23/h1,3,5,7,13,16-17,19,22H,2,4,6,8-12H2,(H,25,26). The molecule has 1 saturated carbocycles. The van der Waals surface area contributed by atoms with Gasteiger partial charge in [-0.25, -0.2) is 0 Å². The molecule has 2 heterocycles. The minimum atomic E-state index is -0.687. The number of piperidine rings is 1. The average Bonchev–Trinajstić information content (AvgIpc) is 3.08. The fourth-order valence-electron chi connectivity index (χ4n) is 4.99. The molecule has 1 saturated heterocycles. The van der Waals surface area contributed by atoms with E-state index >= 15 is 0 Å². The van der Waals surface area contributed by atoms with E-state index in [1.807, 2.05) is 29.3 Å². The summed E-state index contributed by atoms with van der Waals surface area (Å²) < 4.78 is 0. The minimum absolute atomic E-state index is 0.120. The number of rotatable bonds is 4. The zero-order valence-electron chi connectivity index (χ0n) is 15.0. The smallest absolute Gasteiger partial charge is 0.306 e. The number of aromatic nitrogens is 1. The highest BCUT2D eigenvalue weighted by Gasteiger charge is 2.43. The number of carboxylic acid groups (broad SMARTS) is 1. The van der Waals surface area contributed by atoms with Crippen LogP contribution in [0.3, 0.4) is 0 Å². The summed E-state index contributed by atoms with van der Waals surface area (Å²) in [5.74, 6) is -0.659. The molecule has 1 amide bonds. The number of fused-ring (bicyclic) bond motifs is 2. The lowest BCUT2D eigenvalue weighted by Crippen LogP contribution is -2.54. The second kappa shape index (κ2) is 7.14. The summed E-state index contributed by atoms with van der Waals surface area (Å²) in [5, 5.41) is 10.7. The lowest BCUT2D eigenvalue weighted by atomic mass is 9.71. The van der Waals surface area contributed by atoms with Gasteiger partial charge in [0.1, 0.15) is 0 Å². The summed E-state index contributed by atoms with van der Waals surface area (Å²) >= 11 is 0. The number of likely N-dealkylation sites (tertiary alicyclic amines) is 1. The van der Waals surface area contributed by atoms with Crippen molar-refractivity contribution in [3.8, 4) is 0 Å². The number of nitrogens with one attached hydrogen (secondary N) is 1. The maximum atomic E-state index is 12.9. The highest BCUT2D eigenvalue weighted by Crippen LogP contribution is 2.39. The number of carboxylic acids is 1. The molecule has 3 atom stereocenters. The van der Waals surface area contributed by atoms with Crippen LogP contribution in [0.4, 0.5) is 0 Å². The second-order valence-corrected chi connectivity index (χ2v) is 7.70. The minimum Gasteiger partial charge on any atom is -0.481 e. The molecule has 1 aliphatic carbocycles. The number of aromatic amines is 1. The summed E-state index contributed by atoms with van der Waals surface area (Å²) in [6.45, 7) is 0.588. The fraction of sp³-hybridized carbons (Fsp3) is 0.524. The van der Waals surface area contributed by atoms with Gasteiger partial charge in [-0.1, -0.05) is 31.0 Å². The number of aliphatic carboxylic acids is 1. The Morgan fingerprint density at radius 1 is 1.15 bits per heavy atom. The number of hydrogen-bond donors (Lipinski definition) is 2. The Kier molecular flexibility index (Phi) is 4.70. The third-order valence-corrected chi connectivity index (χ3v) is 6.30. The molecule has 5 nitrogen and oxygen atoms in total. The lowest BCUT2D eigenvalue weighted by molar-refractivity contribution is -0.153. The van der Waals surface area contributed by atoms with Gasteiger partial charge in [-0.3, -0.25) is 9.59 Å². The number of para-hydroxylation sites is 1. The molecule has 3 unspecified atom stereocenters. The molecule has 1 aromatic heterocycles. The maximum absolute atomic E-state index is 12.9. The van der Waals surface area contributed by atoms with Gasteiger partial charge in [0.2, 0.25) is 5.91 Å². The van der Waals surface area contributed by atoms with Gasteiger partial charge in [0.05, 0.1) is 5.92 Å². The van der Waals surface area contributed by atoms with Crippen LogP contribution in [-0.2, 0) is 16.0 Å². The number of amides is 1. The number of benzene rings is 1. The van der Waals surface area contributed by atoms with Crippen molar-refractivity contribution >= 4 is 22.8 Å². The molecular weight excluding hydrogens is 328 g/mol. The van der Waals surface area contributed by atoms with Crippen LogP contribution in [0.5, 0.6) is 0 Å². The van der Waals surface area contributed by atoms with Crippen LogP contribution in [-0.4, -0.2) is 39.5 Å². The summed E-state index contributed by atoms with van der Waals surface area (Å²) in [5.41, 5.74) is 2.28. The van der Waals surface area contributed by atoms with Crippen LogP contribution < -0.4 is 0 Å². The van der Waals surface area contributed by atoms with E-state index in [4.69, 9.17) is 0 Å². The molecule has 2 fully saturated rings. The first-order chi connectivity index (χ1) is 12.6. The number of carbonyl (C=O) groups is 2. The monoisotopic (exact) mass is 354 g/mol. The molecule has 0 spiro atoms. The Morgan fingerprint density at radius 3 is 2.81 bits per heavy atom. The van der Waals surface area contributed by atoms with Crippen LogP contribution in [0, 0.1) is 11.8 Å². The Labute approximate surface area is 153 Å². The Bertz CT molecular complexity index is 812. The van der Waals surface area contributed by atoms with Crippen molar-refractivity contribution in [2.75, 3.05) is 6.54 Å². The predicted octanol–water partition coefficient (Wildman–Crippen LogP) is 3.59. The first-order valence-corrected chi connectivity index (χ1v) is 9.72. The molecule has 0 bridgehead atoms. The van der Waals surface area contributed by atoms with E-state index in [0.29, 0.717) is 19.4 Å². The van der Waals surface area contributed by atoms with Crippen molar-refractivity contribution in [3.05, 3.63) is 36.0 Å². The number of hydrogen-bond acceptors (Lipinski definition) is 2. The highest BCUT2D eigenvalue weighted by atomic mass is 16.4. The lowest BCUT2D eigenvalue weighted by Gasteiger charge is -2.47. The fourth-order valence-corrected chi connectivity index (χ4v) is 4.99. The zero-order valence-corrected chi connectivity index (χ0v) is 15.0. The van der Waals surface area contributed by atoms with Gasteiger partial charge in [0.25, 0.3) is 0 Å². The molecule has 5 heteroatoms. The van der Waals surface area contributed by atoms with Crippen molar-refractivity contribution in [1.82, 2.24) is 9.88 Å². The van der Waals surface area contributed by atoms with Crippen molar-refractivity contribution in [2.45, 2.75) is 51.0 Å². The molecule has 0 radical (unpaired) electrons. The molecule has 1 aliphatic heterocycles. The first kappa shape index (κ1) is 17.1. The van der Waals surface area contributed by atoms with Crippen molar-refractivity contribution < 1.29 is 14.7 Å². The second-order valence-electron chi connectivity index (χ2n) is 7.70. The molecule has 2 N–H and O–H groups in total. The van der Waals surface area contributed by atoms with Crippen molar-refractivity contribution in [1.29, 1.82) is 0 Å². The molecule has 2 aliphatic rings. The summed E-state index contributed by atoms with van der Waals surface area (Å²) in [7, 11) is 0. The van der Waals surface area contributed by atoms with E-state index in [9.17, 15) is 14.7 Å². The summed E-state index contributed by atoms with van der Waals surface area (Å²) in [4.78, 5) is 29.8. The van der Waals surface area contributed by atoms with Crippen molar-refractivity contribution in [2.24, 2.45) is 11.8 Å². The summed E-state index contributed by atoms with van der Waals surface area (Å²) in [6.07, 6.45) is 7.87. The van der Waals surface area contributed by atoms with Gasteiger partial charge in [-0.15, -0.1) is 0 Å². The number of nitrogens with zero attached hydrogens (tertiary/aromatic N) is 1. The van der Waals surface area contributed by atoms with E-state index in [0.717, 1.165) is 37.6 Å². The van der Waals surface area contributed by atoms with Crippen LogP contribution in [0.15, 0.2) is 30.5 Å². The molecule has 138 valence electrons. The molecule has 2 aromatic rings. The van der Waals surface area contributed by atoms with Crippen molar-refractivity contribution in [3.63, 3.8) is 0 Å². The number of carbonyl (C=O) groups excluding carboxylic acids is 1. The van der Waals surface area contributed by atoms with E-state index in [1.54, 1.807) is 0 Å². The van der Waals surface area contributed by atoms with E-state index in [1.165, 1.54) is 10.9 Å². The third kappa shape index (κ3) is 3.11. The SMILES string of the molecule is O=C(O)C1CCN(C(=O)CCc2c[nH]c3ccccc23)C2CCCCC12. The van der Waals surface area contributed by atoms with Gasteiger partial charge < -0.3 is 15.0 Å². The summed E-state index contributed by atoms with van der Waals surface area (Å²) in [6, 6.07) is 8.27. The van der Waals surface area contributed by atoms with Gasteiger partial charge in [0.15, 0.2) is 0 Å². The number of aryl methyl sites for hydroxylation is 1. The average molecular weight is 354 g/mol. The van der Waals surface area contributed by atoms with Crippen LogP contribution >= 0.6 is 0 Å². The predicted molar refractivity (Wildman–Crippen MR) is 99.8 cm³/mol. The van der Waals surface area contributed by atoms with E-state index in [-0.39, 0.29) is 23.8 Å². The molecule has 4 rings (SSSR count). The quantitative estimate of drug-likeness (QED) is 0.881. The van der Waals surface area contributed by atoms with E-state index in [2.05, 4.69) is 11.1 Å². The third-order valence-electron chi connectivity index (χ3n) is 6.30. The van der Waals surface area contributed by atoms with Crippen LogP contribution in [0.2, 0.25) is 0 Å². The molecule has 1 aromatic carbocycles. The molecular formula is C21H26N2O3. The normalized spacial score (nSPS) is 25.8. The Hall–Kier alpha value is -2.30. The largest absolute Gasteiger partial charge is 0.481 e. The first-order valence-electron chi connectivity index (χ1n) is 9.72. The molecule has 26 heavy (non-hydrogen) atoms. The number of H-pyrrole nitrogens is 1. The van der Waals surface area contributed by atoms with Crippen LogP contribution in [0.1, 0.15) is 44.1 Å². The topological polar surface area (TPSA) is 73.4 Å². The highest BCUT2D eigenvalue weighted by molar-refractivity contribution is 5.84. The van der Waals surface area contributed by atoms with Crippen LogP contribution in [0.25, 0.3) is 10.9 Å². The van der Waals surface area contributed by atoms with E-state index < -0.39 is 5.97 Å². The van der Waals surface area contributed by atoms with Gasteiger partial charge in [0, 0.05) is 36.1 Å². The Morgan fingerprint density at radius 2 is 1.96 bits per heavy atom. The zero-order chi connectivity index (χ0) is 18.1. The maximum Gasteiger partial charge on any atom is 0.306 e.